The number of hydrogen-bond acceptors (Lipinski definition) is 2. The largest absolute Gasteiger partial charge is 0.369 e. The molecule has 1 aliphatic heterocycles. The van der Waals surface area contributed by atoms with Crippen LogP contribution < -0.4 is 4.90 Å². The molecule has 106 valence electrons. The molecule has 0 aromatic heterocycles. The van der Waals surface area contributed by atoms with E-state index >= 15 is 0 Å². The van der Waals surface area contributed by atoms with E-state index in [1.165, 1.54) is 30.8 Å². The maximum Gasteiger partial charge on any atom is 0.0367 e. The second-order valence-electron chi connectivity index (χ2n) is 6.19. The van der Waals surface area contributed by atoms with Gasteiger partial charge in [0.15, 0.2) is 0 Å². The van der Waals surface area contributed by atoms with Crippen molar-refractivity contribution < 1.29 is 0 Å². The molecule has 2 nitrogen and oxygen atoms in total. The first-order valence-corrected chi connectivity index (χ1v) is 7.68. The van der Waals surface area contributed by atoms with Gasteiger partial charge < -0.3 is 4.90 Å². The molecular formula is C17H28N2. The van der Waals surface area contributed by atoms with Gasteiger partial charge in [-0.1, -0.05) is 32.9 Å². The second-order valence-corrected chi connectivity index (χ2v) is 6.19. The first-order valence-electron chi connectivity index (χ1n) is 7.68. The Hall–Kier alpha value is -1.02. The summed E-state index contributed by atoms with van der Waals surface area (Å²) in [5.74, 6) is 0.735. The zero-order valence-corrected chi connectivity index (χ0v) is 12.9. The third-order valence-electron chi connectivity index (χ3n) is 4.12. The molecule has 0 aliphatic carbocycles. The van der Waals surface area contributed by atoms with E-state index in [1.807, 2.05) is 0 Å². The molecule has 1 aliphatic rings. The van der Waals surface area contributed by atoms with Crippen molar-refractivity contribution in [1.29, 1.82) is 0 Å². The van der Waals surface area contributed by atoms with Crippen LogP contribution in [0.5, 0.6) is 0 Å². The maximum atomic E-state index is 2.56. The summed E-state index contributed by atoms with van der Waals surface area (Å²) in [4.78, 5) is 5.08. The predicted molar refractivity (Wildman–Crippen MR) is 83.9 cm³/mol. The monoisotopic (exact) mass is 260 g/mol. The zero-order valence-electron chi connectivity index (χ0n) is 12.9. The SMILES string of the molecule is CCN1CCN(c2ccc(CC(C)C)cc2)CC1C. The van der Waals surface area contributed by atoms with Crippen molar-refractivity contribution in [2.75, 3.05) is 31.1 Å². The van der Waals surface area contributed by atoms with Gasteiger partial charge in [0.1, 0.15) is 0 Å². The molecule has 0 spiro atoms. The number of hydrogen-bond donors (Lipinski definition) is 0. The van der Waals surface area contributed by atoms with Crippen molar-refractivity contribution in [3.8, 4) is 0 Å². The molecule has 1 unspecified atom stereocenters. The van der Waals surface area contributed by atoms with Gasteiger partial charge >= 0.3 is 0 Å². The van der Waals surface area contributed by atoms with Crippen LogP contribution in [0.4, 0.5) is 5.69 Å². The van der Waals surface area contributed by atoms with Crippen molar-refractivity contribution in [2.45, 2.75) is 40.2 Å². The average Bonchev–Trinajstić information content (AvgIpc) is 2.39. The Morgan fingerprint density at radius 1 is 1.16 bits per heavy atom. The number of likely N-dealkylation sites (N-methyl/N-ethyl adjacent to an activating group) is 1. The molecule has 2 rings (SSSR count). The fourth-order valence-electron chi connectivity index (χ4n) is 3.01. The molecule has 1 aromatic carbocycles. The van der Waals surface area contributed by atoms with Crippen LogP contribution in [0.2, 0.25) is 0 Å². The van der Waals surface area contributed by atoms with Crippen molar-refractivity contribution >= 4 is 5.69 Å². The van der Waals surface area contributed by atoms with Crippen LogP contribution in [0.1, 0.15) is 33.3 Å². The number of piperazine rings is 1. The van der Waals surface area contributed by atoms with E-state index in [4.69, 9.17) is 0 Å². The lowest BCUT2D eigenvalue weighted by Gasteiger charge is -2.40. The Morgan fingerprint density at radius 2 is 1.84 bits per heavy atom. The molecule has 2 heteroatoms. The van der Waals surface area contributed by atoms with Gasteiger partial charge in [-0.15, -0.1) is 0 Å². The van der Waals surface area contributed by atoms with E-state index in [2.05, 4.69) is 61.8 Å². The highest BCUT2D eigenvalue weighted by atomic mass is 15.3. The van der Waals surface area contributed by atoms with Gasteiger partial charge in [-0.05, 0) is 43.5 Å². The first-order chi connectivity index (χ1) is 9.10. The van der Waals surface area contributed by atoms with Crippen molar-refractivity contribution in [3.05, 3.63) is 29.8 Å². The average molecular weight is 260 g/mol. The fraction of sp³-hybridized carbons (Fsp3) is 0.647. The van der Waals surface area contributed by atoms with E-state index in [-0.39, 0.29) is 0 Å². The Balaban J connectivity index is 1.99. The van der Waals surface area contributed by atoms with Crippen molar-refractivity contribution in [3.63, 3.8) is 0 Å². The number of anilines is 1. The predicted octanol–water partition coefficient (Wildman–Crippen LogP) is 3.42. The Labute approximate surface area is 118 Å². The molecule has 19 heavy (non-hydrogen) atoms. The molecule has 1 atom stereocenters. The molecule has 1 aromatic rings. The normalized spacial score (nSPS) is 21.1. The molecule has 0 bridgehead atoms. The van der Waals surface area contributed by atoms with E-state index in [0.29, 0.717) is 6.04 Å². The highest BCUT2D eigenvalue weighted by Crippen LogP contribution is 2.20. The zero-order chi connectivity index (χ0) is 13.8. The lowest BCUT2D eigenvalue weighted by Crippen LogP contribution is -2.51. The summed E-state index contributed by atoms with van der Waals surface area (Å²) in [6.45, 7) is 13.8. The molecule has 1 saturated heterocycles. The highest BCUT2D eigenvalue weighted by molar-refractivity contribution is 5.48. The minimum absolute atomic E-state index is 0.661. The Bertz CT molecular complexity index is 383. The summed E-state index contributed by atoms with van der Waals surface area (Å²) in [5.41, 5.74) is 2.84. The van der Waals surface area contributed by atoms with Crippen molar-refractivity contribution in [1.82, 2.24) is 4.90 Å². The molecule has 1 heterocycles. The topological polar surface area (TPSA) is 6.48 Å². The minimum atomic E-state index is 0.661. The van der Waals surface area contributed by atoms with E-state index in [0.717, 1.165) is 19.0 Å². The third kappa shape index (κ3) is 3.73. The van der Waals surface area contributed by atoms with E-state index in [1.54, 1.807) is 0 Å². The summed E-state index contributed by atoms with van der Waals surface area (Å²) in [6.07, 6.45) is 1.18. The molecule has 0 N–H and O–H groups in total. The Morgan fingerprint density at radius 3 is 2.37 bits per heavy atom. The summed E-state index contributed by atoms with van der Waals surface area (Å²) in [5, 5.41) is 0. The summed E-state index contributed by atoms with van der Waals surface area (Å²) >= 11 is 0. The van der Waals surface area contributed by atoms with Gasteiger partial charge in [0, 0.05) is 31.4 Å². The van der Waals surface area contributed by atoms with Crippen molar-refractivity contribution in [2.24, 2.45) is 5.92 Å². The summed E-state index contributed by atoms with van der Waals surface area (Å²) < 4.78 is 0. The van der Waals surface area contributed by atoms with Gasteiger partial charge in [0.05, 0.1) is 0 Å². The van der Waals surface area contributed by atoms with Crippen LogP contribution in [0.25, 0.3) is 0 Å². The standard InChI is InChI=1S/C17H28N2/c1-5-18-10-11-19(13-15(18)4)17-8-6-16(7-9-17)12-14(2)3/h6-9,14-15H,5,10-13H2,1-4H3. The molecular weight excluding hydrogens is 232 g/mol. The minimum Gasteiger partial charge on any atom is -0.369 e. The van der Waals surface area contributed by atoms with Crippen LogP contribution in [0.3, 0.4) is 0 Å². The van der Waals surface area contributed by atoms with E-state index in [9.17, 15) is 0 Å². The quantitative estimate of drug-likeness (QED) is 0.818. The van der Waals surface area contributed by atoms with Gasteiger partial charge in [0.2, 0.25) is 0 Å². The molecule has 0 radical (unpaired) electrons. The number of rotatable bonds is 4. The van der Waals surface area contributed by atoms with Gasteiger partial charge in [-0.25, -0.2) is 0 Å². The molecule has 0 saturated carbocycles. The maximum absolute atomic E-state index is 2.56. The fourth-order valence-corrected chi connectivity index (χ4v) is 3.01. The molecule has 0 amide bonds. The first kappa shape index (κ1) is 14.4. The number of benzene rings is 1. The summed E-state index contributed by atoms with van der Waals surface area (Å²) in [7, 11) is 0. The summed E-state index contributed by atoms with van der Waals surface area (Å²) in [6, 6.07) is 9.85. The van der Waals surface area contributed by atoms with Crippen LogP contribution in [-0.4, -0.2) is 37.1 Å². The van der Waals surface area contributed by atoms with Crippen LogP contribution in [-0.2, 0) is 6.42 Å². The third-order valence-corrected chi connectivity index (χ3v) is 4.12. The van der Waals surface area contributed by atoms with Gasteiger partial charge in [-0.3, -0.25) is 4.90 Å². The van der Waals surface area contributed by atoms with Crippen LogP contribution >= 0.6 is 0 Å². The van der Waals surface area contributed by atoms with Gasteiger partial charge in [0.25, 0.3) is 0 Å². The van der Waals surface area contributed by atoms with E-state index < -0.39 is 0 Å². The van der Waals surface area contributed by atoms with Crippen LogP contribution in [0.15, 0.2) is 24.3 Å². The lowest BCUT2D eigenvalue weighted by atomic mass is 10.0. The second kappa shape index (κ2) is 6.42. The molecule has 1 fully saturated rings. The van der Waals surface area contributed by atoms with Crippen LogP contribution in [0, 0.1) is 5.92 Å². The van der Waals surface area contributed by atoms with Gasteiger partial charge in [-0.2, -0.15) is 0 Å². The smallest absolute Gasteiger partial charge is 0.0367 e. The lowest BCUT2D eigenvalue weighted by molar-refractivity contribution is 0.199. The Kier molecular flexibility index (Phi) is 4.87. The highest BCUT2D eigenvalue weighted by Gasteiger charge is 2.22. The number of nitrogens with zero attached hydrogens (tertiary/aromatic N) is 2.